The zero-order valence-corrected chi connectivity index (χ0v) is 14.2. The standard InChI is InChI=1S/C15H31N3Si/c1-4-5-6-7-11-18-13-12-17(10-8-9-16)14-15(18)19(2)3/h15,19H,4-8,10-14H2,1-3H3. The van der Waals surface area contributed by atoms with E-state index in [9.17, 15) is 0 Å². The minimum Gasteiger partial charge on any atom is -0.301 e. The summed E-state index contributed by atoms with van der Waals surface area (Å²) in [4.78, 5) is 5.25. The van der Waals surface area contributed by atoms with Gasteiger partial charge in [-0.3, -0.25) is 4.90 Å². The zero-order chi connectivity index (χ0) is 14.1. The minimum atomic E-state index is -0.640. The molecule has 0 saturated carbocycles. The van der Waals surface area contributed by atoms with Crippen LogP contribution in [0.5, 0.6) is 0 Å². The van der Waals surface area contributed by atoms with Gasteiger partial charge in [0.1, 0.15) is 0 Å². The Labute approximate surface area is 121 Å². The second kappa shape index (κ2) is 9.52. The third kappa shape index (κ3) is 6.07. The lowest BCUT2D eigenvalue weighted by molar-refractivity contribution is 0.109. The molecule has 4 heteroatoms. The van der Waals surface area contributed by atoms with Crippen molar-refractivity contribution in [2.24, 2.45) is 0 Å². The molecule has 1 atom stereocenters. The molecular weight excluding hydrogens is 250 g/mol. The molecule has 1 heterocycles. The molecule has 1 rings (SSSR count). The molecule has 1 aliphatic rings. The molecule has 0 aromatic heterocycles. The van der Waals surface area contributed by atoms with Crippen LogP contribution >= 0.6 is 0 Å². The van der Waals surface area contributed by atoms with Crippen molar-refractivity contribution in [2.45, 2.75) is 57.8 Å². The van der Waals surface area contributed by atoms with E-state index in [1.165, 1.54) is 45.3 Å². The maximum absolute atomic E-state index is 8.71. The van der Waals surface area contributed by atoms with Crippen LogP contribution in [0.3, 0.4) is 0 Å². The largest absolute Gasteiger partial charge is 0.301 e. The number of nitrogens with zero attached hydrogens (tertiary/aromatic N) is 3. The molecule has 1 aliphatic heterocycles. The second-order valence-electron chi connectivity index (χ2n) is 6.12. The average molecular weight is 282 g/mol. The Kier molecular flexibility index (Phi) is 8.36. The van der Waals surface area contributed by atoms with E-state index in [1.807, 2.05) is 0 Å². The molecule has 0 spiro atoms. The van der Waals surface area contributed by atoms with E-state index in [1.54, 1.807) is 0 Å². The van der Waals surface area contributed by atoms with Crippen LogP contribution in [0, 0.1) is 11.3 Å². The van der Waals surface area contributed by atoms with Crippen molar-refractivity contribution in [3.63, 3.8) is 0 Å². The third-order valence-corrected chi connectivity index (χ3v) is 6.40. The lowest BCUT2D eigenvalue weighted by atomic mass is 10.2. The van der Waals surface area contributed by atoms with Gasteiger partial charge in [-0.15, -0.1) is 0 Å². The van der Waals surface area contributed by atoms with Crippen molar-refractivity contribution in [3.05, 3.63) is 0 Å². The summed E-state index contributed by atoms with van der Waals surface area (Å²) in [5.41, 5.74) is 0.814. The highest BCUT2D eigenvalue weighted by atomic mass is 28.3. The van der Waals surface area contributed by atoms with E-state index < -0.39 is 8.80 Å². The summed E-state index contributed by atoms with van der Waals surface area (Å²) in [6, 6.07) is 2.27. The van der Waals surface area contributed by atoms with Crippen LogP contribution in [-0.4, -0.2) is 57.0 Å². The van der Waals surface area contributed by atoms with Crippen LogP contribution < -0.4 is 0 Å². The van der Waals surface area contributed by atoms with E-state index in [0.29, 0.717) is 6.42 Å². The van der Waals surface area contributed by atoms with Crippen LogP contribution in [0.25, 0.3) is 0 Å². The van der Waals surface area contributed by atoms with E-state index in [4.69, 9.17) is 5.26 Å². The third-order valence-electron chi connectivity index (χ3n) is 4.23. The predicted molar refractivity (Wildman–Crippen MR) is 85.1 cm³/mol. The topological polar surface area (TPSA) is 30.3 Å². The maximum Gasteiger partial charge on any atom is 0.0635 e. The van der Waals surface area contributed by atoms with Gasteiger partial charge in [0.2, 0.25) is 0 Å². The second-order valence-corrected chi connectivity index (χ2v) is 9.37. The van der Waals surface area contributed by atoms with Crippen LogP contribution in [-0.2, 0) is 0 Å². The van der Waals surface area contributed by atoms with Gasteiger partial charge in [-0.05, 0) is 13.0 Å². The molecule has 110 valence electrons. The first-order chi connectivity index (χ1) is 9.19. The Balaban J connectivity index is 2.38. The molecule has 0 bridgehead atoms. The molecule has 1 unspecified atom stereocenters. The van der Waals surface area contributed by atoms with Crippen LogP contribution in [0.1, 0.15) is 39.0 Å². The van der Waals surface area contributed by atoms with Gasteiger partial charge in [0.15, 0.2) is 0 Å². The van der Waals surface area contributed by atoms with Crippen LogP contribution in [0.4, 0.5) is 0 Å². The van der Waals surface area contributed by atoms with Crippen molar-refractivity contribution in [1.82, 2.24) is 9.80 Å². The quantitative estimate of drug-likeness (QED) is 0.506. The van der Waals surface area contributed by atoms with Crippen LogP contribution in [0.15, 0.2) is 0 Å². The maximum atomic E-state index is 8.71. The van der Waals surface area contributed by atoms with Gasteiger partial charge in [0.25, 0.3) is 0 Å². The summed E-state index contributed by atoms with van der Waals surface area (Å²) < 4.78 is 0. The molecule has 0 amide bonds. The number of hydrogen-bond acceptors (Lipinski definition) is 3. The summed E-state index contributed by atoms with van der Waals surface area (Å²) in [5, 5.41) is 8.71. The average Bonchev–Trinajstić information content (AvgIpc) is 2.41. The number of unbranched alkanes of at least 4 members (excludes halogenated alkanes) is 3. The summed E-state index contributed by atoms with van der Waals surface area (Å²) in [5.74, 6) is 0. The number of rotatable bonds is 8. The van der Waals surface area contributed by atoms with Gasteiger partial charge >= 0.3 is 0 Å². The highest BCUT2D eigenvalue weighted by Crippen LogP contribution is 2.14. The van der Waals surface area contributed by atoms with Gasteiger partial charge in [0, 0.05) is 38.3 Å². The Bertz CT molecular complexity index is 275. The molecule has 3 nitrogen and oxygen atoms in total. The SMILES string of the molecule is CCCCCCN1CCN(CCC#N)CC1[SiH](C)C. The number of piperazine rings is 1. The molecule has 0 radical (unpaired) electrons. The first-order valence-corrected chi connectivity index (χ1v) is 11.0. The smallest absolute Gasteiger partial charge is 0.0635 e. The molecule has 19 heavy (non-hydrogen) atoms. The first-order valence-electron chi connectivity index (χ1n) is 8.02. The van der Waals surface area contributed by atoms with Crippen molar-refractivity contribution in [3.8, 4) is 6.07 Å². The Morgan fingerprint density at radius 3 is 2.58 bits per heavy atom. The predicted octanol–water partition coefficient (Wildman–Crippen LogP) is 2.49. The first kappa shape index (κ1) is 16.7. The molecule has 0 aliphatic carbocycles. The summed E-state index contributed by atoms with van der Waals surface area (Å²) in [6.07, 6.45) is 6.14. The van der Waals surface area contributed by atoms with E-state index in [2.05, 4.69) is 35.9 Å². The fourth-order valence-electron chi connectivity index (χ4n) is 2.97. The molecular formula is C15H31N3Si. The van der Waals surface area contributed by atoms with Crippen molar-refractivity contribution in [1.29, 1.82) is 5.26 Å². The highest BCUT2D eigenvalue weighted by molar-refractivity contribution is 6.57. The lowest BCUT2D eigenvalue weighted by Gasteiger charge is -2.43. The molecule has 0 aromatic carbocycles. The fraction of sp³-hybridized carbons (Fsp3) is 0.933. The van der Waals surface area contributed by atoms with Gasteiger partial charge in [-0.2, -0.15) is 5.26 Å². The summed E-state index contributed by atoms with van der Waals surface area (Å²) in [6.45, 7) is 13.1. The fourth-order valence-corrected chi connectivity index (χ4v) is 4.83. The van der Waals surface area contributed by atoms with Gasteiger partial charge < -0.3 is 4.90 Å². The van der Waals surface area contributed by atoms with Crippen molar-refractivity contribution < 1.29 is 0 Å². The van der Waals surface area contributed by atoms with Gasteiger partial charge in [0.05, 0.1) is 14.9 Å². The molecule has 0 aromatic rings. The Morgan fingerprint density at radius 1 is 1.16 bits per heavy atom. The normalized spacial score (nSPS) is 21.7. The lowest BCUT2D eigenvalue weighted by Crippen LogP contribution is -2.58. The monoisotopic (exact) mass is 281 g/mol. The Hall–Kier alpha value is -0.373. The number of hydrogen-bond donors (Lipinski definition) is 0. The Morgan fingerprint density at radius 2 is 1.95 bits per heavy atom. The van der Waals surface area contributed by atoms with Crippen molar-refractivity contribution >= 4 is 8.80 Å². The van der Waals surface area contributed by atoms with Crippen molar-refractivity contribution in [2.75, 3.05) is 32.7 Å². The minimum absolute atomic E-state index is 0.640. The molecule has 1 saturated heterocycles. The number of nitriles is 1. The van der Waals surface area contributed by atoms with Gasteiger partial charge in [-0.25, -0.2) is 0 Å². The van der Waals surface area contributed by atoms with E-state index in [-0.39, 0.29) is 0 Å². The van der Waals surface area contributed by atoms with Crippen LogP contribution in [0.2, 0.25) is 13.1 Å². The van der Waals surface area contributed by atoms with Gasteiger partial charge in [-0.1, -0.05) is 39.3 Å². The highest BCUT2D eigenvalue weighted by Gasteiger charge is 2.28. The summed E-state index contributed by atoms with van der Waals surface area (Å²) >= 11 is 0. The van der Waals surface area contributed by atoms with E-state index in [0.717, 1.165) is 18.8 Å². The van der Waals surface area contributed by atoms with E-state index >= 15 is 0 Å². The zero-order valence-electron chi connectivity index (χ0n) is 13.1. The summed E-state index contributed by atoms with van der Waals surface area (Å²) in [7, 11) is -0.640. The molecule has 0 N–H and O–H groups in total. The molecule has 1 fully saturated rings.